The molecule has 0 amide bonds. The molecule has 0 saturated heterocycles. The Morgan fingerprint density at radius 3 is 2.25 bits per heavy atom. The van der Waals surface area contributed by atoms with Crippen molar-refractivity contribution < 1.29 is 24.8 Å². The molecule has 0 spiro atoms. The average Bonchev–Trinajstić information content (AvgIpc) is 2.33. The van der Waals surface area contributed by atoms with E-state index in [1.807, 2.05) is 18.3 Å². The SMILES string of the molecule is [Cl-].[Cl-].[Mg+2].c1ccc2[nH]ccc2c1. The summed E-state index contributed by atoms with van der Waals surface area (Å²) in [5, 5.41) is 1.28. The van der Waals surface area contributed by atoms with Gasteiger partial charge in [0.15, 0.2) is 0 Å². The van der Waals surface area contributed by atoms with Gasteiger partial charge in [0.05, 0.1) is 0 Å². The molecule has 1 aromatic carbocycles. The van der Waals surface area contributed by atoms with Gasteiger partial charge < -0.3 is 29.8 Å². The zero-order valence-electron chi connectivity index (χ0n) is 6.43. The van der Waals surface area contributed by atoms with Crippen LogP contribution in [0.4, 0.5) is 0 Å². The molecule has 0 aliphatic rings. The Hall–Kier alpha value is 0.106. The van der Waals surface area contributed by atoms with Gasteiger partial charge in [0.1, 0.15) is 0 Å². The van der Waals surface area contributed by atoms with Crippen LogP contribution >= 0.6 is 0 Å². The number of hydrogen-bond acceptors (Lipinski definition) is 0. The Morgan fingerprint density at radius 1 is 0.917 bits per heavy atom. The number of rotatable bonds is 0. The number of aromatic amines is 1. The summed E-state index contributed by atoms with van der Waals surface area (Å²) in [4.78, 5) is 3.12. The van der Waals surface area contributed by atoms with Crippen LogP contribution in [0.15, 0.2) is 36.5 Å². The Bertz CT molecular complexity index is 291. The molecule has 2 rings (SSSR count). The van der Waals surface area contributed by atoms with Gasteiger partial charge in [-0.05, 0) is 17.5 Å². The molecule has 60 valence electrons. The largest absolute Gasteiger partial charge is 2.00 e. The fourth-order valence-corrected chi connectivity index (χ4v) is 0.995. The van der Waals surface area contributed by atoms with E-state index in [1.54, 1.807) is 0 Å². The smallest absolute Gasteiger partial charge is 1.00 e. The first kappa shape index (κ1) is 14.6. The molecule has 1 heterocycles. The minimum atomic E-state index is 0. The van der Waals surface area contributed by atoms with E-state index in [9.17, 15) is 0 Å². The second kappa shape index (κ2) is 6.60. The van der Waals surface area contributed by atoms with Gasteiger partial charge in [-0.3, -0.25) is 0 Å². The standard InChI is InChI=1S/C8H7N.2ClH.Mg/c1-2-4-8-7(3-1)5-6-9-8;;;/h1-6,9H;2*1H;/q;;;+2/p-2. The van der Waals surface area contributed by atoms with Crippen LogP contribution in [0.5, 0.6) is 0 Å². The van der Waals surface area contributed by atoms with E-state index in [0.29, 0.717) is 0 Å². The van der Waals surface area contributed by atoms with Crippen molar-refractivity contribution in [2.45, 2.75) is 0 Å². The zero-order chi connectivity index (χ0) is 6.10. The van der Waals surface area contributed by atoms with Crippen molar-refractivity contribution in [3.63, 3.8) is 0 Å². The second-order valence-electron chi connectivity index (χ2n) is 2.06. The van der Waals surface area contributed by atoms with Crippen molar-refractivity contribution in [3.8, 4) is 0 Å². The average molecular weight is 212 g/mol. The number of para-hydroxylation sites is 1. The number of fused-ring (bicyclic) bond motifs is 1. The summed E-state index contributed by atoms with van der Waals surface area (Å²) in [6, 6.07) is 10.3. The van der Waals surface area contributed by atoms with Crippen LogP contribution < -0.4 is 24.8 Å². The molecule has 12 heavy (non-hydrogen) atoms. The van der Waals surface area contributed by atoms with Crippen LogP contribution in [0, 0.1) is 0 Å². The fraction of sp³-hybridized carbons (Fsp3) is 0. The molecule has 4 heteroatoms. The Kier molecular flexibility index (Phi) is 8.05. The van der Waals surface area contributed by atoms with Crippen molar-refractivity contribution in [1.29, 1.82) is 0 Å². The third-order valence-electron chi connectivity index (χ3n) is 1.46. The van der Waals surface area contributed by atoms with E-state index in [4.69, 9.17) is 0 Å². The fourth-order valence-electron chi connectivity index (χ4n) is 0.995. The van der Waals surface area contributed by atoms with E-state index in [2.05, 4.69) is 23.2 Å². The zero-order valence-corrected chi connectivity index (χ0v) is 9.35. The molecule has 1 N–H and O–H groups in total. The van der Waals surface area contributed by atoms with Crippen LogP contribution in [-0.2, 0) is 0 Å². The van der Waals surface area contributed by atoms with E-state index in [0.717, 1.165) is 0 Å². The molecule has 0 saturated carbocycles. The first-order valence-electron chi connectivity index (χ1n) is 2.99. The third kappa shape index (κ3) is 2.86. The minimum Gasteiger partial charge on any atom is -1.00 e. The van der Waals surface area contributed by atoms with Gasteiger partial charge in [0.25, 0.3) is 0 Å². The Labute approximate surface area is 99.9 Å². The molecule has 1 aromatic heterocycles. The van der Waals surface area contributed by atoms with Gasteiger partial charge in [-0.1, -0.05) is 18.2 Å². The minimum absolute atomic E-state index is 0. The number of hydrogen-bond donors (Lipinski definition) is 1. The molecule has 0 aliphatic carbocycles. The Balaban J connectivity index is 0. The first-order valence-corrected chi connectivity index (χ1v) is 2.99. The summed E-state index contributed by atoms with van der Waals surface area (Å²) in [6.07, 6.45) is 1.95. The summed E-state index contributed by atoms with van der Waals surface area (Å²) in [7, 11) is 0. The molecular formula is C8H7Cl2MgN. The Morgan fingerprint density at radius 2 is 1.58 bits per heavy atom. The maximum absolute atomic E-state index is 3.12. The van der Waals surface area contributed by atoms with Crippen molar-refractivity contribution in [1.82, 2.24) is 4.98 Å². The van der Waals surface area contributed by atoms with E-state index < -0.39 is 0 Å². The van der Waals surface area contributed by atoms with Crippen LogP contribution in [0.2, 0.25) is 0 Å². The summed E-state index contributed by atoms with van der Waals surface area (Å²) < 4.78 is 0. The van der Waals surface area contributed by atoms with Gasteiger partial charge in [-0.15, -0.1) is 0 Å². The van der Waals surface area contributed by atoms with Crippen LogP contribution in [0.25, 0.3) is 10.9 Å². The number of nitrogens with one attached hydrogen (secondary N) is 1. The van der Waals surface area contributed by atoms with Crippen LogP contribution in [0.3, 0.4) is 0 Å². The second-order valence-corrected chi connectivity index (χ2v) is 2.06. The predicted molar refractivity (Wildman–Crippen MR) is 44.1 cm³/mol. The molecule has 0 unspecified atom stereocenters. The van der Waals surface area contributed by atoms with Gasteiger partial charge in [-0.25, -0.2) is 0 Å². The van der Waals surface area contributed by atoms with Gasteiger partial charge in [0.2, 0.25) is 0 Å². The molecule has 0 bridgehead atoms. The van der Waals surface area contributed by atoms with E-state index in [-0.39, 0.29) is 47.9 Å². The molecule has 2 aromatic rings. The first-order chi connectivity index (χ1) is 4.47. The van der Waals surface area contributed by atoms with Gasteiger partial charge >= 0.3 is 23.1 Å². The molecule has 0 aliphatic heterocycles. The predicted octanol–water partition coefficient (Wildman–Crippen LogP) is -4.20. The summed E-state index contributed by atoms with van der Waals surface area (Å²) in [5.41, 5.74) is 1.21. The third-order valence-corrected chi connectivity index (χ3v) is 1.46. The normalized spacial score (nSPS) is 7.67. The van der Waals surface area contributed by atoms with E-state index in [1.165, 1.54) is 10.9 Å². The molecule has 1 nitrogen and oxygen atoms in total. The van der Waals surface area contributed by atoms with E-state index >= 15 is 0 Å². The van der Waals surface area contributed by atoms with Gasteiger partial charge in [0, 0.05) is 11.7 Å². The summed E-state index contributed by atoms with van der Waals surface area (Å²) >= 11 is 0. The van der Waals surface area contributed by atoms with Crippen LogP contribution in [-0.4, -0.2) is 28.0 Å². The summed E-state index contributed by atoms with van der Waals surface area (Å²) in [5.74, 6) is 0. The maximum atomic E-state index is 3.12. The maximum Gasteiger partial charge on any atom is 2.00 e. The van der Waals surface area contributed by atoms with Crippen molar-refractivity contribution in [2.75, 3.05) is 0 Å². The summed E-state index contributed by atoms with van der Waals surface area (Å²) in [6.45, 7) is 0. The molecular weight excluding hydrogens is 205 g/mol. The number of aromatic nitrogens is 1. The van der Waals surface area contributed by atoms with Crippen molar-refractivity contribution in [3.05, 3.63) is 36.5 Å². The number of benzene rings is 1. The molecule has 0 atom stereocenters. The van der Waals surface area contributed by atoms with Crippen molar-refractivity contribution >= 4 is 34.0 Å². The number of halogens is 2. The van der Waals surface area contributed by atoms with Gasteiger partial charge in [-0.2, -0.15) is 0 Å². The van der Waals surface area contributed by atoms with Crippen molar-refractivity contribution in [2.24, 2.45) is 0 Å². The van der Waals surface area contributed by atoms with Crippen LogP contribution in [0.1, 0.15) is 0 Å². The monoisotopic (exact) mass is 211 g/mol. The quantitative estimate of drug-likeness (QED) is 0.426. The topological polar surface area (TPSA) is 15.8 Å². The molecule has 0 fully saturated rings. The molecule has 0 radical (unpaired) electrons. The number of H-pyrrole nitrogens is 1.